The molecule has 4 aromatic rings. The van der Waals surface area contributed by atoms with Gasteiger partial charge in [0.2, 0.25) is 0 Å². The van der Waals surface area contributed by atoms with Gasteiger partial charge in [-0.1, -0.05) is 87.3 Å². The van der Waals surface area contributed by atoms with Crippen LogP contribution in [0.15, 0.2) is 77.6 Å². The smallest absolute Gasteiger partial charge is 0.406 e. The molecule has 1 unspecified atom stereocenters. The number of nitrogens with zero attached hydrogens (tertiary/aromatic N) is 3. The zero-order chi connectivity index (χ0) is 31.5. The van der Waals surface area contributed by atoms with Crippen molar-refractivity contribution >= 4 is 34.5 Å². The minimum Gasteiger partial charge on any atom is -0.453 e. The highest BCUT2D eigenvalue weighted by atomic mass is 35.5. The van der Waals surface area contributed by atoms with Crippen molar-refractivity contribution in [1.29, 1.82) is 0 Å². The van der Waals surface area contributed by atoms with Gasteiger partial charge in [-0.25, -0.2) is 9.78 Å². The van der Waals surface area contributed by atoms with E-state index in [1.807, 2.05) is 77.1 Å². The second kappa shape index (κ2) is 15.9. The van der Waals surface area contributed by atoms with Crippen molar-refractivity contribution in [1.82, 2.24) is 19.8 Å². The highest BCUT2D eigenvalue weighted by Crippen LogP contribution is 2.31. The first-order chi connectivity index (χ1) is 20.7. The third kappa shape index (κ3) is 8.45. The molecule has 0 saturated carbocycles. The van der Waals surface area contributed by atoms with Crippen LogP contribution < -0.4 is 10.9 Å². The number of alkyl carbamates (subject to hydrolysis) is 1. The maximum Gasteiger partial charge on any atom is 0.406 e. The summed E-state index contributed by atoms with van der Waals surface area (Å²) in [5.41, 5.74) is 2.78. The number of nitrogens with one attached hydrogen (secondary N) is 1. The van der Waals surface area contributed by atoms with Crippen LogP contribution in [0.25, 0.3) is 10.9 Å². The number of halogens is 1. The van der Waals surface area contributed by atoms with Crippen molar-refractivity contribution in [3.63, 3.8) is 0 Å². The van der Waals surface area contributed by atoms with Gasteiger partial charge in [0, 0.05) is 23.7 Å². The van der Waals surface area contributed by atoms with Crippen LogP contribution >= 0.6 is 11.6 Å². The van der Waals surface area contributed by atoms with Crippen LogP contribution in [0.3, 0.4) is 0 Å². The molecule has 0 saturated heterocycles. The first-order valence-corrected chi connectivity index (χ1v) is 15.0. The highest BCUT2D eigenvalue weighted by Gasteiger charge is 2.32. The minimum atomic E-state index is -0.554. The molecule has 2 amide bonds. The molecule has 0 fully saturated rings. The van der Waals surface area contributed by atoms with E-state index in [2.05, 4.69) is 10.1 Å². The zero-order valence-corrected chi connectivity index (χ0v) is 26.5. The average molecular weight is 605 g/mol. The van der Waals surface area contributed by atoms with Crippen molar-refractivity contribution < 1.29 is 14.3 Å². The topological polar surface area (TPSA) is 93.5 Å². The molecule has 0 aliphatic heterocycles. The SMILES string of the molecule is CC.COC(=O)NCCCN(C(=O)c1ccc(C)cc1)C(c1nc2cc(Cl)ccc2c(=O)n1Cc1ccccc1)C(C)C. The Morgan fingerprint density at radius 1 is 1.02 bits per heavy atom. The molecule has 0 radical (unpaired) electrons. The first kappa shape index (κ1) is 33.3. The molecule has 43 heavy (non-hydrogen) atoms. The predicted octanol–water partition coefficient (Wildman–Crippen LogP) is 7.02. The fraction of sp³-hybridized carbons (Fsp3) is 0.353. The molecule has 1 heterocycles. The predicted molar refractivity (Wildman–Crippen MR) is 173 cm³/mol. The Balaban J connectivity index is 0.00000248. The maximum absolute atomic E-state index is 14.1. The summed E-state index contributed by atoms with van der Waals surface area (Å²) in [6.45, 7) is 10.9. The summed E-state index contributed by atoms with van der Waals surface area (Å²) < 4.78 is 6.35. The number of rotatable bonds is 10. The Bertz CT molecular complexity index is 1570. The molecule has 0 aliphatic carbocycles. The number of benzene rings is 3. The van der Waals surface area contributed by atoms with Crippen molar-refractivity contribution in [3.8, 4) is 0 Å². The molecule has 0 spiro atoms. The lowest BCUT2D eigenvalue weighted by Crippen LogP contribution is -2.42. The third-order valence-electron chi connectivity index (χ3n) is 6.95. The Labute approximate surface area is 258 Å². The second-order valence-electron chi connectivity index (χ2n) is 10.3. The normalized spacial score (nSPS) is 11.4. The van der Waals surface area contributed by atoms with Gasteiger partial charge < -0.3 is 15.0 Å². The first-order valence-electron chi connectivity index (χ1n) is 14.6. The molecule has 1 atom stereocenters. The summed E-state index contributed by atoms with van der Waals surface area (Å²) in [4.78, 5) is 46.5. The summed E-state index contributed by atoms with van der Waals surface area (Å²) in [6, 6.07) is 21.6. The van der Waals surface area contributed by atoms with E-state index in [-0.39, 0.29) is 17.4 Å². The van der Waals surface area contributed by atoms with Crippen molar-refractivity contribution in [2.24, 2.45) is 5.92 Å². The summed E-state index contributed by atoms with van der Waals surface area (Å²) in [5.74, 6) is 0.182. The summed E-state index contributed by atoms with van der Waals surface area (Å²) in [5, 5.41) is 3.61. The molecular formula is C34H41ClN4O4. The number of carbonyl (C=O) groups excluding carboxylic acids is 2. The Kier molecular flexibility index (Phi) is 12.3. The number of hydrogen-bond acceptors (Lipinski definition) is 5. The van der Waals surface area contributed by atoms with Crippen LogP contribution in [0.5, 0.6) is 0 Å². The highest BCUT2D eigenvalue weighted by molar-refractivity contribution is 6.31. The van der Waals surface area contributed by atoms with Gasteiger partial charge >= 0.3 is 6.09 Å². The lowest BCUT2D eigenvalue weighted by molar-refractivity contribution is 0.0601. The molecule has 9 heteroatoms. The van der Waals surface area contributed by atoms with E-state index < -0.39 is 12.1 Å². The van der Waals surface area contributed by atoms with Gasteiger partial charge in [0.1, 0.15) is 5.82 Å². The average Bonchev–Trinajstić information content (AvgIpc) is 3.01. The van der Waals surface area contributed by atoms with Crippen LogP contribution in [-0.2, 0) is 11.3 Å². The van der Waals surface area contributed by atoms with E-state index in [0.29, 0.717) is 53.4 Å². The quantitative estimate of drug-likeness (QED) is 0.196. The Morgan fingerprint density at radius 3 is 2.33 bits per heavy atom. The molecule has 0 aliphatic rings. The van der Waals surface area contributed by atoms with Gasteiger partial charge in [0.25, 0.3) is 11.5 Å². The van der Waals surface area contributed by atoms with Gasteiger partial charge in [0.05, 0.1) is 30.6 Å². The van der Waals surface area contributed by atoms with Gasteiger partial charge in [-0.05, 0) is 55.2 Å². The monoisotopic (exact) mass is 604 g/mol. The number of aryl methyl sites for hydroxylation is 1. The van der Waals surface area contributed by atoms with E-state index in [4.69, 9.17) is 16.6 Å². The van der Waals surface area contributed by atoms with Gasteiger partial charge in [-0.3, -0.25) is 14.2 Å². The number of methoxy groups -OCH3 is 1. The fourth-order valence-corrected chi connectivity index (χ4v) is 5.06. The lowest BCUT2D eigenvalue weighted by atomic mass is 9.98. The maximum atomic E-state index is 14.1. The van der Waals surface area contributed by atoms with Gasteiger partial charge in [-0.15, -0.1) is 0 Å². The van der Waals surface area contributed by atoms with E-state index in [1.54, 1.807) is 39.8 Å². The van der Waals surface area contributed by atoms with E-state index >= 15 is 0 Å². The lowest BCUT2D eigenvalue weighted by Gasteiger charge is -2.35. The van der Waals surface area contributed by atoms with Crippen LogP contribution in [0, 0.1) is 12.8 Å². The van der Waals surface area contributed by atoms with Gasteiger partial charge in [0.15, 0.2) is 0 Å². The number of hydrogen-bond donors (Lipinski definition) is 1. The largest absolute Gasteiger partial charge is 0.453 e. The summed E-state index contributed by atoms with van der Waals surface area (Å²) in [6.07, 6.45) is -0.0651. The molecule has 228 valence electrons. The Morgan fingerprint density at radius 2 is 1.70 bits per heavy atom. The molecule has 4 rings (SSSR count). The van der Waals surface area contributed by atoms with Crippen LogP contribution in [0.2, 0.25) is 5.02 Å². The van der Waals surface area contributed by atoms with E-state index in [1.165, 1.54) is 7.11 Å². The second-order valence-corrected chi connectivity index (χ2v) is 10.8. The van der Waals surface area contributed by atoms with E-state index in [9.17, 15) is 14.4 Å². The van der Waals surface area contributed by atoms with Crippen molar-refractivity contribution in [2.45, 2.75) is 53.6 Å². The third-order valence-corrected chi connectivity index (χ3v) is 7.19. The summed E-state index contributed by atoms with van der Waals surface area (Å²) in [7, 11) is 1.31. The number of amides is 2. The number of fused-ring (bicyclic) bond motifs is 1. The van der Waals surface area contributed by atoms with Crippen molar-refractivity contribution in [2.75, 3.05) is 20.2 Å². The molecular weight excluding hydrogens is 564 g/mol. The molecule has 0 bridgehead atoms. The Hall–Kier alpha value is -4.17. The number of aromatic nitrogens is 2. The van der Waals surface area contributed by atoms with E-state index in [0.717, 1.165) is 11.1 Å². The zero-order valence-electron chi connectivity index (χ0n) is 25.8. The molecule has 8 nitrogen and oxygen atoms in total. The number of ether oxygens (including phenoxy) is 1. The summed E-state index contributed by atoms with van der Waals surface area (Å²) >= 11 is 6.30. The molecule has 1 aromatic heterocycles. The molecule has 1 N–H and O–H groups in total. The number of carbonyl (C=O) groups is 2. The minimum absolute atomic E-state index is 0.108. The standard InChI is InChI=1S/C32H35ClN4O4.C2H6/c1-21(2)28(36(18-8-17-34-32(40)41-4)30(38)24-13-11-22(3)12-14-24)29-35-27-19-25(33)15-16-26(27)31(39)37(29)20-23-9-6-5-7-10-23;1-2/h5-7,9-16,19,21,28H,8,17-18,20H2,1-4H3,(H,34,40);1-2H3. The van der Waals surface area contributed by atoms with Crippen LogP contribution in [0.4, 0.5) is 4.79 Å². The van der Waals surface area contributed by atoms with Crippen LogP contribution in [0.1, 0.15) is 67.5 Å². The van der Waals surface area contributed by atoms with Crippen molar-refractivity contribution in [3.05, 3.63) is 111 Å². The van der Waals surface area contributed by atoms with Crippen LogP contribution in [-0.4, -0.2) is 46.7 Å². The fourth-order valence-electron chi connectivity index (χ4n) is 4.89. The molecule has 3 aromatic carbocycles. The van der Waals surface area contributed by atoms with Gasteiger partial charge in [-0.2, -0.15) is 0 Å².